The largest absolute Gasteiger partial charge is 0.295 e. The second-order valence-corrected chi connectivity index (χ2v) is 6.14. The number of imidazole rings is 1. The average Bonchev–Trinajstić information content (AvgIpc) is 2.83. The predicted octanol–water partition coefficient (Wildman–Crippen LogP) is 5.37. The van der Waals surface area contributed by atoms with E-state index >= 15 is 0 Å². The quantitative estimate of drug-likeness (QED) is 0.554. The van der Waals surface area contributed by atoms with Gasteiger partial charge in [-0.05, 0) is 53.2 Å². The maximum Gasteiger partial charge on any atom is 0.151 e. The van der Waals surface area contributed by atoms with E-state index in [0.717, 1.165) is 0 Å². The summed E-state index contributed by atoms with van der Waals surface area (Å²) in [4.78, 5) is 4.29. The van der Waals surface area contributed by atoms with Crippen LogP contribution < -0.4 is 0 Å². The number of halogens is 4. The molecule has 0 N–H and O–H groups in total. The van der Waals surface area contributed by atoms with Crippen LogP contribution >= 0.6 is 27.5 Å². The van der Waals surface area contributed by atoms with Crippen LogP contribution in [0.4, 0.5) is 8.78 Å². The number of hydrogen-bond acceptors (Lipinski definition) is 1. The Bertz CT molecular complexity index is 830. The summed E-state index contributed by atoms with van der Waals surface area (Å²) in [5.41, 5.74) is 1.51. The van der Waals surface area contributed by atoms with E-state index in [1.807, 2.05) is 0 Å². The Balaban J connectivity index is 2.36. The Hall–Kier alpha value is -1.46. The van der Waals surface area contributed by atoms with Crippen LogP contribution in [-0.2, 0) is 0 Å². The second kappa shape index (κ2) is 5.39. The molecule has 3 aromatic rings. The van der Waals surface area contributed by atoms with E-state index < -0.39 is 11.2 Å². The molecule has 1 atom stereocenters. The predicted molar refractivity (Wildman–Crippen MR) is 83.0 cm³/mol. The van der Waals surface area contributed by atoms with Crippen molar-refractivity contribution < 1.29 is 8.78 Å². The van der Waals surface area contributed by atoms with Crippen molar-refractivity contribution in [1.82, 2.24) is 9.55 Å². The zero-order valence-corrected chi connectivity index (χ0v) is 13.3. The van der Waals surface area contributed by atoms with Crippen LogP contribution in [0.3, 0.4) is 0 Å². The van der Waals surface area contributed by atoms with Gasteiger partial charge in [0.25, 0.3) is 0 Å². The fraction of sp³-hybridized carbons (Fsp3) is 0.133. The standard InChI is InChI=1S/C15H10BrClF2N2/c1-8(17)15-20-14-12(19)3-2-4-13(14)21(15)9-5-6-11(18)10(16)7-9/h2-8H,1H3. The first-order valence-electron chi connectivity index (χ1n) is 6.25. The van der Waals surface area contributed by atoms with Crippen molar-refractivity contribution in [3.63, 3.8) is 0 Å². The van der Waals surface area contributed by atoms with Gasteiger partial charge in [-0.1, -0.05) is 6.07 Å². The molecule has 0 amide bonds. The third-order valence-electron chi connectivity index (χ3n) is 3.18. The lowest BCUT2D eigenvalue weighted by molar-refractivity contribution is 0.620. The Morgan fingerprint density at radius 2 is 1.95 bits per heavy atom. The van der Waals surface area contributed by atoms with Gasteiger partial charge in [-0.3, -0.25) is 4.57 Å². The van der Waals surface area contributed by atoms with E-state index in [-0.39, 0.29) is 11.3 Å². The second-order valence-electron chi connectivity index (χ2n) is 4.63. The van der Waals surface area contributed by atoms with Crippen molar-refractivity contribution in [3.05, 3.63) is 58.3 Å². The SMILES string of the molecule is CC(Cl)c1nc2c(F)cccc2n1-c1ccc(F)c(Br)c1. The van der Waals surface area contributed by atoms with Gasteiger partial charge in [0, 0.05) is 5.69 Å². The third kappa shape index (κ3) is 2.45. The number of nitrogens with zero attached hydrogens (tertiary/aromatic N) is 2. The molecule has 108 valence electrons. The highest BCUT2D eigenvalue weighted by molar-refractivity contribution is 9.10. The number of fused-ring (bicyclic) bond motifs is 1. The number of para-hydroxylation sites is 1. The van der Waals surface area contributed by atoms with Crippen LogP contribution in [-0.4, -0.2) is 9.55 Å². The van der Waals surface area contributed by atoms with Gasteiger partial charge in [-0.25, -0.2) is 13.8 Å². The lowest BCUT2D eigenvalue weighted by atomic mass is 10.2. The monoisotopic (exact) mass is 370 g/mol. The Kier molecular flexibility index (Phi) is 3.71. The summed E-state index contributed by atoms with van der Waals surface area (Å²) in [6.07, 6.45) is 0. The highest BCUT2D eigenvalue weighted by Crippen LogP contribution is 2.30. The Morgan fingerprint density at radius 3 is 2.62 bits per heavy atom. The van der Waals surface area contributed by atoms with Crippen LogP contribution in [0.5, 0.6) is 0 Å². The minimum Gasteiger partial charge on any atom is -0.295 e. The highest BCUT2D eigenvalue weighted by atomic mass is 79.9. The van der Waals surface area contributed by atoms with E-state index in [1.165, 1.54) is 12.1 Å². The molecule has 0 aliphatic rings. The maximum atomic E-state index is 13.9. The molecule has 1 heterocycles. The molecule has 0 aliphatic heterocycles. The highest BCUT2D eigenvalue weighted by Gasteiger charge is 2.18. The van der Waals surface area contributed by atoms with Gasteiger partial charge < -0.3 is 0 Å². The Morgan fingerprint density at radius 1 is 1.19 bits per heavy atom. The van der Waals surface area contributed by atoms with Gasteiger partial charge in [0.2, 0.25) is 0 Å². The molecule has 2 nitrogen and oxygen atoms in total. The van der Waals surface area contributed by atoms with E-state index in [9.17, 15) is 8.78 Å². The van der Waals surface area contributed by atoms with Crippen LogP contribution in [0.15, 0.2) is 40.9 Å². The zero-order valence-electron chi connectivity index (χ0n) is 10.9. The lowest BCUT2D eigenvalue weighted by Crippen LogP contribution is -2.02. The normalized spacial score (nSPS) is 12.8. The van der Waals surface area contributed by atoms with Crippen LogP contribution in [0.25, 0.3) is 16.7 Å². The lowest BCUT2D eigenvalue weighted by Gasteiger charge is -2.11. The van der Waals surface area contributed by atoms with Gasteiger partial charge in [0.15, 0.2) is 5.82 Å². The van der Waals surface area contributed by atoms with Crippen molar-refractivity contribution in [2.75, 3.05) is 0 Å². The van der Waals surface area contributed by atoms with Crippen molar-refractivity contribution in [2.24, 2.45) is 0 Å². The molecule has 0 fully saturated rings. The van der Waals surface area contributed by atoms with Crippen molar-refractivity contribution >= 4 is 38.6 Å². The van der Waals surface area contributed by atoms with Crippen LogP contribution in [0.1, 0.15) is 18.1 Å². The van der Waals surface area contributed by atoms with Gasteiger partial charge in [-0.15, -0.1) is 11.6 Å². The molecule has 2 aromatic carbocycles. The summed E-state index contributed by atoms with van der Waals surface area (Å²) in [6, 6.07) is 9.28. The first-order chi connectivity index (χ1) is 9.99. The molecule has 6 heteroatoms. The van der Waals surface area contributed by atoms with E-state index in [2.05, 4.69) is 20.9 Å². The number of aromatic nitrogens is 2. The average molecular weight is 372 g/mol. The summed E-state index contributed by atoms with van der Waals surface area (Å²) >= 11 is 9.32. The Labute approximate surface area is 133 Å². The molecular formula is C15H10BrClF2N2. The van der Waals surface area contributed by atoms with E-state index in [1.54, 1.807) is 35.8 Å². The van der Waals surface area contributed by atoms with Gasteiger partial charge >= 0.3 is 0 Å². The molecule has 0 spiro atoms. The molecule has 0 aliphatic carbocycles. The van der Waals surface area contributed by atoms with E-state index in [4.69, 9.17) is 11.6 Å². The maximum absolute atomic E-state index is 13.9. The van der Waals surface area contributed by atoms with Gasteiger partial charge in [0.05, 0.1) is 15.4 Å². The molecule has 3 rings (SSSR count). The summed E-state index contributed by atoms with van der Waals surface area (Å²) < 4.78 is 29.4. The van der Waals surface area contributed by atoms with Crippen molar-refractivity contribution in [2.45, 2.75) is 12.3 Å². The van der Waals surface area contributed by atoms with Crippen molar-refractivity contribution in [1.29, 1.82) is 0 Å². The van der Waals surface area contributed by atoms with Crippen LogP contribution in [0, 0.1) is 11.6 Å². The number of benzene rings is 2. The molecular weight excluding hydrogens is 362 g/mol. The number of hydrogen-bond donors (Lipinski definition) is 0. The minimum atomic E-state index is -0.416. The molecule has 1 unspecified atom stereocenters. The minimum absolute atomic E-state index is 0.250. The fourth-order valence-electron chi connectivity index (χ4n) is 2.25. The smallest absolute Gasteiger partial charge is 0.151 e. The summed E-state index contributed by atoms with van der Waals surface area (Å²) in [5, 5.41) is -0.416. The fourth-order valence-corrected chi connectivity index (χ4v) is 2.76. The van der Waals surface area contributed by atoms with Crippen molar-refractivity contribution in [3.8, 4) is 5.69 Å². The molecule has 21 heavy (non-hydrogen) atoms. The molecule has 0 saturated heterocycles. The first-order valence-corrected chi connectivity index (χ1v) is 7.48. The molecule has 0 radical (unpaired) electrons. The van der Waals surface area contributed by atoms with E-state index in [0.29, 0.717) is 21.5 Å². The molecule has 0 bridgehead atoms. The number of alkyl halides is 1. The van der Waals surface area contributed by atoms with Gasteiger partial charge in [-0.2, -0.15) is 0 Å². The molecule has 0 saturated carbocycles. The zero-order chi connectivity index (χ0) is 15.1. The third-order valence-corrected chi connectivity index (χ3v) is 3.98. The van der Waals surface area contributed by atoms with Gasteiger partial charge in [0.1, 0.15) is 17.2 Å². The van der Waals surface area contributed by atoms with Crippen LogP contribution in [0.2, 0.25) is 0 Å². The molecule has 1 aromatic heterocycles. The number of rotatable bonds is 2. The summed E-state index contributed by atoms with van der Waals surface area (Å²) in [7, 11) is 0. The summed E-state index contributed by atoms with van der Waals surface area (Å²) in [6.45, 7) is 1.76. The summed E-state index contributed by atoms with van der Waals surface area (Å²) in [5.74, 6) is -0.268. The topological polar surface area (TPSA) is 17.8 Å². The first kappa shape index (κ1) is 14.5.